The number of fused-ring (bicyclic) bond motifs is 1. The fourth-order valence-corrected chi connectivity index (χ4v) is 2.84. The lowest BCUT2D eigenvalue weighted by Gasteiger charge is -2.07. The van der Waals surface area contributed by atoms with Crippen LogP contribution in [0.1, 0.15) is 11.3 Å². The summed E-state index contributed by atoms with van der Waals surface area (Å²) in [5, 5.41) is 2.80. The van der Waals surface area contributed by atoms with E-state index in [-0.39, 0.29) is 18.5 Å². The minimum atomic E-state index is -0.277. The number of rotatable bonds is 5. The number of nitrogens with zero attached hydrogens (tertiary/aromatic N) is 4. The summed E-state index contributed by atoms with van der Waals surface area (Å²) in [7, 11) is 0. The highest BCUT2D eigenvalue weighted by atomic mass is 16.5. The molecule has 0 atom stereocenters. The lowest BCUT2D eigenvalue weighted by molar-refractivity contribution is -0.118. The van der Waals surface area contributed by atoms with Gasteiger partial charge in [-0.1, -0.05) is 18.2 Å². The monoisotopic (exact) mass is 373 g/mol. The van der Waals surface area contributed by atoms with Gasteiger partial charge >= 0.3 is 6.01 Å². The number of amides is 1. The quantitative estimate of drug-likeness (QED) is 0.580. The van der Waals surface area contributed by atoms with Crippen LogP contribution in [-0.2, 0) is 4.79 Å². The van der Waals surface area contributed by atoms with E-state index in [1.54, 1.807) is 12.3 Å². The predicted octanol–water partition coefficient (Wildman–Crippen LogP) is 3.43. The lowest BCUT2D eigenvalue weighted by Crippen LogP contribution is -2.20. The largest absolute Gasteiger partial charge is 0.453 e. The van der Waals surface area contributed by atoms with Gasteiger partial charge in [0, 0.05) is 35.5 Å². The Morgan fingerprint density at radius 1 is 1.11 bits per heavy atom. The standard InChI is InChI=1S/C21H19N5O2/c1-14-4-3-11-26-12-18(25-20(14)26)16-5-7-17(8-6-16)24-19(27)13-28-21-22-10-9-15(2)23-21/h3-12H,13H2,1-2H3,(H,24,27). The summed E-state index contributed by atoms with van der Waals surface area (Å²) in [4.78, 5) is 24.8. The molecule has 1 N–H and O–H groups in total. The number of hydrogen-bond acceptors (Lipinski definition) is 5. The first-order chi connectivity index (χ1) is 13.6. The van der Waals surface area contributed by atoms with Gasteiger partial charge in [-0.05, 0) is 43.7 Å². The van der Waals surface area contributed by atoms with Crippen molar-refractivity contribution in [3.8, 4) is 17.3 Å². The smallest absolute Gasteiger partial charge is 0.317 e. The van der Waals surface area contributed by atoms with Gasteiger partial charge in [-0.3, -0.25) is 4.79 Å². The van der Waals surface area contributed by atoms with Crippen molar-refractivity contribution < 1.29 is 9.53 Å². The number of anilines is 1. The molecule has 0 saturated heterocycles. The number of nitrogens with one attached hydrogen (secondary N) is 1. The van der Waals surface area contributed by atoms with Gasteiger partial charge in [-0.25, -0.2) is 15.0 Å². The topological polar surface area (TPSA) is 81.4 Å². The summed E-state index contributed by atoms with van der Waals surface area (Å²) in [5.74, 6) is -0.277. The van der Waals surface area contributed by atoms with E-state index in [0.717, 1.165) is 28.2 Å². The van der Waals surface area contributed by atoms with E-state index in [2.05, 4.69) is 20.3 Å². The van der Waals surface area contributed by atoms with Crippen LogP contribution in [-0.4, -0.2) is 31.9 Å². The number of benzene rings is 1. The zero-order valence-corrected chi connectivity index (χ0v) is 15.6. The first kappa shape index (κ1) is 17.7. The summed E-state index contributed by atoms with van der Waals surface area (Å²) in [5.41, 5.74) is 5.38. The highest BCUT2D eigenvalue weighted by molar-refractivity contribution is 5.92. The fourth-order valence-electron chi connectivity index (χ4n) is 2.84. The van der Waals surface area contributed by atoms with Crippen molar-refractivity contribution in [1.29, 1.82) is 0 Å². The molecule has 0 unspecified atom stereocenters. The van der Waals surface area contributed by atoms with E-state index in [1.807, 2.05) is 67.0 Å². The first-order valence-electron chi connectivity index (χ1n) is 8.85. The highest BCUT2D eigenvalue weighted by Crippen LogP contribution is 2.22. The summed E-state index contributed by atoms with van der Waals surface area (Å²) in [6, 6.07) is 13.5. The van der Waals surface area contributed by atoms with E-state index >= 15 is 0 Å². The van der Waals surface area contributed by atoms with Crippen LogP contribution in [0.25, 0.3) is 16.9 Å². The molecule has 140 valence electrons. The van der Waals surface area contributed by atoms with E-state index in [1.165, 1.54) is 0 Å². The van der Waals surface area contributed by atoms with Gasteiger partial charge in [-0.15, -0.1) is 0 Å². The Hall–Kier alpha value is -3.74. The SMILES string of the molecule is Cc1ccnc(OCC(=O)Nc2ccc(-c3cn4cccc(C)c4n3)cc2)n1. The van der Waals surface area contributed by atoms with Gasteiger partial charge in [0.25, 0.3) is 5.91 Å². The lowest BCUT2D eigenvalue weighted by atomic mass is 10.1. The number of hydrogen-bond donors (Lipinski definition) is 1. The van der Waals surface area contributed by atoms with Crippen LogP contribution in [0.15, 0.2) is 61.1 Å². The Labute approximate surface area is 162 Å². The van der Waals surface area contributed by atoms with Crippen molar-refractivity contribution in [3.63, 3.8) is 0 Å². The van der Waals surface area contributed by atoms with Crippen LogP contribution >= 0.6 is 0 Å². The van der Waals surface area contributed by atoms with Gasteiger partial charge in [0.05, 0.1) is 5.69 Å². The molecule has 0 bridgehead atoms. The van der Waals surface area contributed by atoms with Crippen LogP contribution in [0, 0.1) is 13.8 Å². The first-order valence-corrected chi connectivity index (χ1v) is 8.85. The molecule has 0 aliphatic rings. The number of imidazole rings is 1. The van der Waals surface area contributed by atoms with Gasteiger partial charge in [0.15, 0.2) is 6.61 Å². The molecule has 28 heavy (non-hydrogen) atoms. The number of carbonyl (C=O) groups is 1. The van der Waals surface area contributed by atoms with Crippen LogP contribution in [0.4, 0.5) is 5.69 Å². The molecule has 4 aromatic rings. The molecule has 1 amide bonds. The minimum Gasteiger partial charge on any atom is -0.453 e. The Kier molecular flexibility index (Phi) is 4.72. The third-order valence-corrected chi connectivity index (χ3v) is 4.25. The predicted molar refractivity (Wildman–Crippen MR) is 106 cm³/mol. The van der Waals surface area contributed by atoms with Crippen molar-refractivity contribution >= 4 is 17.2 Å². The Morgan fingerprint density at radius 2 is 1.93 bits per heavy atom. The second-order valence-electron chi connectivity index (χ2n) is 6.44. The van der Waals surface area contributed by atoms with Crippen molar-refractivity contribution in [2.75, 3.05) is 11.9 Å². The summed E-state index contributed by atoms with van der Waals surface area (Å²) in [6.07, 6.45) is 5.56. The third kappa shape index (κ3) is 3.83. The molecule has 0 aliphatic heterocycles. The Bertz CT molecular complexity index is 1140. The average Bonchev–Trinajstić information content (AvgIpc) is 3.13. The van der Waals surface area contributed by atoms with Gasteiger partial charge in [0.1, 0.15) is 5.65 Å². The second kappa shape index (κ2) is 7.48. The molecule has 0 fully saturated rings. The maximum Gasteiger partial charge on any atom is 0.317 e. The zero-order valence-electron chi connectivity index (χ0n) is 15.6. The summed E-state index contributed by atoms with van der Waals surface area (Å²) >= 11 is 0. The van der Waals surface area contributed by atoms with E-state index in [4.69, 9.17) is 4.74 Å². The zero-order chi connectivity index (χ0) is 19.5. The van der Waals surface area contributed by atoms with E-state index in [0.29, 0.717) is 5.69 Å². The molecular formula is C21H19N5O2. The average molecular weight is 373 g/mol. The van der Waals surface area contributed by atoms with Crippen molar-refractivity contribution in [2.24, 2.45) is 0 Å². The molecule has 3 heterocycles. The molecular weight excluding hydrogens is 354 g/mol. The number of carbonyl (C=O) groups excluding carboxylic acids is 1. The van der Waals surface area contributed by atoms with Gasteiger partial charge in [-0.2, -0.15) is 0 Å². The Balaban J connectivity index is 1.41. The van der Waals surface area contributed by atoms with Crippen molar-refractivity contribution in [3.05, 3.63) is 72.3 Å². The maximum absolute atomic E-state index is 12.1. The highest BCUT2D eigenvalue weighted by Gasteiger charge is 2.08. The van der Waals surface area contributed by atoms with Gasteiger partial charge < -0.3 is 14.5 Å². The van der Waals surface area contributed by atoms with Crippen LogP contribution in [0.3, 0.4) is 0 Å². The minimum absolute atomic E-state index is 0.156. The molecule has 1 aromatic carbocycles. The number of ether oxygens (including phenoxy) is 1. The van der Waals surface area contributed by atoms with E-state index < -0.39 is 0 Å². The summed E-state index contributed by atoms with van der Waals surface area (Å²) < 4.78 is 7.32. The van der Waals surface area contributed by atoms with Crippen molar-refractivity contribution in [2.45, 2.75) is 13.8 Å². The normalized spacial score (nSPS) is 10.8. The number of aromatic nitrogens is 4. The molecule has 0 radical (unpaired) electrons. The number of aryl methyl sites for hydroxylation is 2. The van der Waals surface area contributed by atoms with Crippen LogP contribution in [0.5, 0.6) is 6.01 Å². The summed E-state index contributed by atoms with van der Waals surface area (Å²) in [6.45, 7) is 3.71. The van der Waals surface area contributed by atoms with Crippen LogP contribution in [0.2, 0.25) is 0 Å². The molecule has 0 spiro atoms. The van der Waals surface area contributed by atoms with Gasteiger partial charge in [0.2, 0.25) is 0 Å². The molecule has 7 nitrogen and oxygen atoms in total. The third-order valence-electron chi connectivity index (χ3n) is 4.25. The molecule has 0 saturated carbocycles. The second-order valence-corrected chi connectivity index (χ2v) is 6.44. The molecule has 4 rings (SSSR count). The van der Waals surface area contributed by atoms with Crippen LogP contribution < -0.4 is 10.1 Å². The fraction of sp³-hybridized carbons (Fsp3) is 0.143. The molecule has 0 aliphatic carbocycles. The van der Waals surface area contributed by atoms with E-state index in [9.17, 15) is 4.79 Å². The molecule has 3 aromatic heterocycles. The maximum atomic E-state index is 12.1. The van der Waals surface area contributed by atoms with Crippen molar-refractivity contribution in [1.82, 2.24) is 19.4 Å². The molecule has 7 heteroatoms. The number of pyridine rings is 1. The Morgan fingerprint density at radius 3 is 2.68 bits per heavy atom.